The molecule has 2 aromatic carbocycles. The molecule has 6 heteroatoms. The van der Waals surface area contributed by atoms with E-state index in [2.05, 4.69) is 4.72 Å². The predicted octanol–water partition coefficient (Wildman–Crippen LogP) is 3.00. The first-order valence-electron chi connectivity index (χ1n) is 8.64. The van der Waals surface area contributed by atoms with Gasteiger partial charge in [-0.2, -0.15) is 0 Å². The molecule has 0 aliphatic carbocycles. The highest BCUT2D eigenvalue weighted by molar-refractivity contribution is 7.89. The third-order valence-corrected chi connectivity index (χ3v) is 6.49. The fourth-order valence-corrected chi connectivity index (χ4v) is 5.31. The van der Waals surface area contributed by atoms with Crippen molar-refractivity contribution < 1.29 is 13.2 Å². The molecule has 1 saturated heterocycles. The molecule has 138 valence electrons. The highest BCUT2D eigenvalue weighted by atomic mass is 32.2. The van der Waals surface area contributed by atoms with E-state index in [9.17, 15) is 13.2 Å². The molecule has 1 amide bonds. The van der Waals surface area contributed by atoms with Crippen LogP contribution in [0, 0.1) is 27.7 Å². The van der Waals surface area contributed by atoms with Gasteiger partial charge in [-0.05, 0) is 51.0 Å². The van der Waals surface area contributed by atoms with E-state index in [1.807, 2.05) is 50.2 Å². The molecule has 1 aliphatic heterocycles. The number of anilines is 1. The van der Waals surface area contributed by atoms with E-state index < -0.39 is 16.1 Å². The zero-order valence-corrected chi connectivity index (χ0v) is 16.4. The Bertz CT molecular complexity index is 927. The van der Waals surface area contributed by atoms with Crippen molar-refractivity contribution in [1.29, 1.82) is 0 Å². The number of nitrogens with one attached hydrogen (secondary N) is 1. The molecular formula is C20H24N2O3S. The van der Waals surface area contributed by atoms with Gasteiger partial charge >= 0.3 is 0 Å². The molecule has 2 aromatic rings. The summed E-state index contributed by atoms with van der Waals surface area (Å²) >= 11 is 0. The van der Waals surface area contributed by atoms with Gasteiger partial charge in [0.25, 0.3) is 0 Å². The van der Waals surface area contributed by atoms with Crippen LogP contribution in [0.1, 0.15) is 28.7 Å². The molecule has 1 atom stereocenters. The lowest BCUT2D eigenvalue weighted by molar-refractivity contribution is -0.117. The minimum Gasteiger partial charge on any atom is -0.311 e. The van der Waals surface area contributed by atoms with Crippen molar-refractivity contribution in [3.8, 4) is 0 Å². The van der Waals surface area contributed by atoms with Crippen LogP contribution in [-0.4, -0.2) is 26.9 Å². The average Bonchev–Trinajstić information content (AvgIpc) is 2.86. The summed E-state index contributed by atoms with van der Waals surface area (Å²) in [5.41, 5.74) is 4.37. The summed E-state index contributed by atoms with van der Waals surface area (Å²) in [6.45, 7) is 7.86. The van der Waals surface area contributed by atoms with Crippen molar-refractivity contribution in [2.24, 2.45) is 0 Å². The number of amides is 1. The van der Waals surface area contributed by atoms with Gasteiger partial charge in [0, 0.05) is 24.7 Å². The number of hydrogen-bond donors (Lipinski definition) is 1. The van der Waals surface area contributed by atoms with E-state index >= 15 is 0 Å². The van der Waals surface area contributed by atoms with Gasteiger partial charge in [0.15, 0.2) is 0 Å². The highest BCUT2D eigenvalue weighted by Gasteiger charge is 2.34. The van der Waals surface area contributed by atoms with Crippen molar-refractivity contribution in [3.63, 3.8) is 0 Å². The Kier molecular flexibility index (Phi) is 4.90. The fraction of sp³-hybridized carbons (Fsp3) is 0.350. The van der Waals surface area contributed by atoms with E-state index in [1.54, 1.807) is 18.7 Å². The van der Waals surface area contributed by atoms with Gasteiger partial charge < -0.3 is 4.90 Å². The van der Waals surface area contributed by atoms with Gasteiger partial charge in [0.2, 0.25) is 15.9 Å². The summed E-state index contributed by atoms with van der Waals surface area (Å²) in [6, 6.07) is 10.9. The average molecular weight is 372 g/mol. The van der Waals surface area contributed by atoms with Crippen LogP contribution in [0.15, 0.2) is 41.3 Å². The standard InChI is InChI=1S/C20H24N2O3S/c1-13-5-7-18(8-6-13)22-12-17(11-19(22)23)21-26(24,25)20-15(3)9-14(2)10-16(20)4/h5-10,17,21H,11-12H2,1-4H3/t17-/m0/s1. The first-order valence-corrected chi connectivity index (χ1v) is 10.1. The van der Waals surface area contributed by atoms with Crippen LogP contribution in [0.25, 0.3) is 0 Å². The van der Waals surface area contributed by atoms with Crippen LogP contribution < -0.4 is 9.62 Å². The molecular weight excluding hydrogens is 348 g/mol. The molecule has 3 rings (SSSR count). The quantitative estimate of drug-likeness (QED) is 0.897. The summed E-state index contributed by atoms with van der Waals surface area (Å²) in [6.07, 6.45) is 0.164. The Morgan fingerprint density at radius 2 is 1.54 bits per heavy atom. The molecule has 1 aliphatic rings. The second-order valence-corrected chi connectivity index (χ2v) is 8.74. The highest BCUT2D eigenvalue weighted by Crippen LogP contribution is 2.25. The third kappa shape index (κ3) is 3.66. The van der Waals surface area contributed by atoms with Crippen LogP contribution >= 0.6 is 0 Å². The van der Waals surface area contributed by atoms with Gasteiger partial charge in [-0.1, -0.05) is 35.4 Å². The molecule has 1 N–H and O–H groups in total. The zero-order valence-electron chi connectivity index (χ0n) is 15.5. The predicted molar refractivity (Wildman–Crippen MR) is 103 cm³/mol. The monoisotopic (exact) mass is 372 g/mol. The van der Waals surface area contributed by atoms with Gasteiger partial charge in [-0.25, -0.2) is 13.1 Å². The molecule has 1 heterocycles. The molecule has 5 nitrogen and oxygen atoms in total. The number of hydrogen-bond acceptors (Lipinski definition) is 3. The lowest BCUT2D eigenvalue weighted by Gasteiger charge is -2.18. The maximum absolute atomic E-state index is 12.9. The van der Waals surface area contributed by atoms with E-state index in [-0.39, 0.29) is 12.3 Å². The number of carbonyl (C=O) groups excluding carboxylic acids is 1. The molecule has 0 unspecified atom stereocenters. The maximum Gasteiger partial charge on any atom is 0.241 e. The number of carbonyl (C=O) groups is 1. The van der Waals surface area contributed by atoms with Crippen LogP contribution in [-0.2, 0) is 14.8 Å². The first kappa shape index (κ1) is 18.6. The largest absolute Gasteiger partial charge is 0.311 e. The molecule has 0 bridgehead atoms. The van der Waals surface area contributed by atoms with Crippen LogP contribution in [0.4, 0.5) is 5.69 Å². The second kappa shape index (κ2) is 6.85. The van der Waals surface area contributed by atoms with Crippen molar-refractivity contribution in [3.05, 3.63) is 58.7 Å². The summed E-state index contributed by atoms with van der Waals surface area (Å²) in [5.74, 6) is -0.0705. The van der Waals surface area contributed by atoms with Gasteiger partial charge in [0.1, 0.15) is 0 Å². The number of rotatable bonds is 4. The molecule has 0 saturated carbocycles. The lowest BCUT2D eigenvalue weighted by atomic mass is 10.1. The van der Waals surface area contributed by atoms with Gasteiger partial charge in [0.05, 0.1) is 4.90 Å². The summed E-state index contributed by atoms with van der Waals surface area (Å²) in [7, 11) is -3.69. The number of aryl methyl sites for hydroxylation is 4. The summed E-state index contributed by atoms with van der Waals surface area (Å²) in [4.78, 5) is 14.3. The Balaban J connectivity index is 1.81. The SMILES string of the molecule is Cc1ccc(N2C[C@@H](NS(=O)(=O)c3c(C)cc(C)cc3C)CC2=O)cc1. The molecule has 0 aromatic heterocycles. The Labute approximate surface area is 155 Å². The van der Waals surface area contributed by atoms with Gasteiger partial charge in [-0.3, -0.25) is 4.79 Å². The molecule has 26 heavy (non-hydrogen) atoms. The van der Waals surface area contributed by atoms with Crippen LogP contribution in [0.2, 0.25) is 0 Å². The number of sulfonamides is 1. The minimum atomic E-state index is -3.69. The smallest absolute Gasteiger partial charge is 0.241 e. The first-order chi connectivity index (χ1) is 12.2. The topological polar surface area (TPSA) is 66.5 Å². The molecule has 0 radical (unpaired) electrons. The maximum atomic E-state index is 12.9. The van der Waals surface area contributed by atoms with Crippen molar-refractivity contribution in [1.82, 2.24) is 4.72 Å². The normalized spacial score (nSPS) is 17.8. The van der Waals surface area contributed by atoms with Crippen molar-refractivity contribution in [2.45, 2.75) is 45.1 Å². The summed E-state index contributed by atoms with van der Waals surface area (Å²) in [5, 5.41) is 0. The van der Waals surface area contributed by atoms with E-state index in [1.165, 1.54) is 0 Å². The van der Waals surface area contributed by atoms with E-state index in [0.29, 0.717) is 11.4 Å². The van der Waals surface area contributed by atoms with Crippen molar-refractivity contribution >= 4 is 21.6 Å². The minimum absolute atomic E-state index is 0.0705. The Morgan fingerprint density at radius 1 is 0.962 bits per heavy atom. The zero-order chi connectivity index (χ0) is 19.1. The van der Waals surface area contributed by atoms with Crippen LogP contribution in [0.3, 0.4) is 0 Å². The Morgan fingerprint density at radius 3 is 2.12 bits per heavy atom. The molecule has 0 spiro atoms. The fourth-order valence-electron chi connectivity index (χ4n) is 3.63. The summed E-state index contributed by atoms with van der Waals surface area (Å²) < 4.78 is 28.5. The Hall–Kier alpha value is -2.18. The number of nitrogens with zero attached hydrogens (tertiary/aromatic N) is 1. The second-order valence-electron chi connectivity index (χ2n) is 7.09. The molecule has 1 fully saturated rings. The lowest BCUT2D eigenvalue weighted by Crippen LogP contribution is -2.37. The third-order valence-electron chi connectivity index (χ3n) is 4.67. The van der Waals surface area contributed by atoms with Gasteiger partial charge in [-0.15, -0.1) is 0 Å². The van der Waals surface area contributed by atoms with E-state index in [0.717, 1.165) is 27.9 Å². The number of benzene rings is 2. The van der Waals surface area contributed by atoms with Crippen LogP contribution in [0.5, 0.6) is 0 Å². The van der Waals surface area contributed by atoms with Crippen molar-refractivity contribution in [2.75, 3.05) is 11.4 Å². The van der Waals surface area contributed by atoms with E-state index in [4.69, 9.17) is 0 Å².